The Morgan fingerprint density at radius 1 is 1.62 bits per heavy atom. The van der Waals surface area contributed by atoms with E-state index in [0.717, 1.165) is 43.1 Å². The van der Waals surface area contributed by atoms with Crippen LogP contribution in [0, 0.1) is 12.8 Å². The number of aliphatic hydroxyl groups is 1. The van der Waals surface area contributed by atoms with E-state index in [0.29, 0.717) is 5.92 Å². The first kappa shape index (κ1) is 11.5. The van der Waals surface area contributed by atoms with E-state index in [4.69, 9.17) is 4.74 Å². The minimum atomic E-state index is -0.496. The average molecular weight is 222 g/mol. The third-order valence-corrected chi connectivity index (χ3v) is 3.01. The highest BCUT2D eigenvalue weighted by Gasteiger charge is 2.18. The van der Waals surface area contributed by atoms with Gasteiger partial charge in [0, 0.05) is 37.1 Å². The maximum Gasteiger partial charge on any atom is 0.128 e. The normalized spacial score (nSPS) is 22.3. The molecule has 4 heteroatoms. The molecule has 1 aliphatic rings. The number of aromatic nitrogens is 2. The van der Waals surface area contributed by atoms with E-state index < -0.39 is 6.10 Å². The molecule has 1 aromatic heterocycles. The van der Waals surface area contributed by atoms with Crippen molar-refractivity contribution in [1.82, 2.24) is 9.97 Å². The summed E-state index contributed by atoms with van der Waals surface area (Å²) in [6.07, 6.45) is 3.21. The van der Waals surface area contributed by atoms with Gasteiger partial charge in [-0.15, -0.1) is 0 Å². The van der Waals surface area contributed by atoms with E-state index in [1.54, 1.807) is 13.1 Å². The molecule has 0 aromatic carbocycles. The Labute approximate surface area is 95.7 Å². The molecule has 0 amide bonds. The fourth-order valence-corrected chi connectivity index (χ4v) is 2.04. The molecule has 2 heterocycles. The standard InChI is InChI=1S/C12H18N2O2/c1-8-11(9(2)15)6-13-12(14-8)5-10-3-4-16-7-10/h6,9-10,15H,3-5,7H2,1-2H3. The fourth-order valence-electron chi connectivity index (χ4n) is 2.04. The molecule has 2 unspecified atom stereocenters. The molecule has 1 N–H and O–H groups in total. The molecule has 0 spiro atoms. The number of nitrogens with zero attached hydrogens (tertiary/aromatic N) is 2. The van der Waals surface area contributed by atoms with E-state index in [1.807, 2.05) is 6.92 Å². The van der Waals surface area contributed by atoms with Crippen molar-refractivity contribution in [3.8, 4) is 0 Å². The average Bonchev–Trinajstić information content (AvgIpc) is 2.70. The molecule has 1 saturated heterocycles. The largest absolute Gasteiger partial charge is 0.389 e. The monoisotopic (exact) mass is 222 g/mol. The first-order valence-corrected chi connectivity index (χ1v) is 5.75. The Balaban J connectivity index is 2.08. The van der Waals surface area contributed by atoms with Gasteiger partial charge in [-0.25, -0.2) is 9.97 Å². The van der Waals surface area contributed by atoms with Crippen LogP contribution in [0.25, 0.3) is 0 Å². The first-order chi connectivity index (χ1) is 7.66. The van der Waals surface area contributed by atoms with E-state index in [2.05, 4.69) is 9.97 Å². The molecule has 1 aliphatic heterocycles. The first-order valence-electron chi connectivity index (χ1n) is 5.75. The minimum absolute atomic E-state index is 0.496. The lowest BCUT2D eigenvalue weighted by molar-refractivity contribution is 0.185. The molecule has 2 rings (SSSR count). The van der Waals surface area contributed by atoms with Crippen LogP contribution < -0.4 is 0 Å². The number of ether oxygens (including phenoxy) is 1. The van der Waals surface area contributed by atoms with Gasteiger partial charge in [-0.2, -0.15) is 0 Å². The summed E-state index contributed by atoms with van der Waals surface area (Å²) in [4.78, 5) is 8.73. The number of aryl methyl sites for hydroxylation is 1. The highest BCUT2D eigenvalue weighted by atomic mass is 16.5. The van der Waals surface area contributed by atoms with Crippen LogP contribution in [0.15, 0.2) is 6.20 Å². The Kier molecular flexibility index (Phi) is 3.51. The second kappa shape index (κ2) is 4.89. The number of aliphatic hydroxyl groups excluding tert-OH is 1. The molecular formula is C12H18N2O2. The molecule has 2 atom stereocenters. The van der Waals surface area contributed by atoms with Crippen molar-refractivity contribution in [2.75, 3.05) is 13.2 Å². The summed E-state index contributed by atoms with van der Waals surface area (Å²) in [6.45, 7) is 5.32. The maximum atomic E-state index is 9.48. The minimum Gasteiger partial charge on any atom is -0.389 e. The van der Waals surface area contributed by atoms with E-state index in [-0.39, 0.29) is 0 Å². The SMILES string of the molecule is Cc1nc(CC2CCOC2)ncc1C(C)O. The van der Waals surface area contributed by atoms with E-state index in [1.165, 1.54) is 0 Å². The summed E-state index contributed by atoms with van der Waals surface area (Å²) >= 11 is 0. The molecule has 0 aliphatic carbocycles. The third kappa shape index (κ3) is 2.57. The molecule has 0 saturated carbocycles. The lowest BCUT2D eigenvalue weighted by Gasteiger charge is -2.10. The van der Waals surface area contributed by atoms with Crippen LogP contribution in [-0.2, 0) is 11.2 Å². The molecule has 1 aromatic rings. The Morgan fingerprint density at radius 3 is 3.00 bits per heavy atom. The van der Waals surface area contributed by atoms with Crippen molar-refractivity contribution in [2.24, 2.45) is 5.92 Å². The summed E-state index contributed by atoms with van der Waals surface area (Å²) in [5.41, 5.74) is 1.69. The zero-order valence-electron chi connectivity index (χ0n) is 9.81. The molecular weight excluding hydrogens is 204 g/mol. The Bertz CT molecular complexity index is 360. The van der Waals surface area contributed by atoms with Gasteiger partial charge in [0.15, 0.2) is 0 Å². The van der Waals surface area contributed by atoms with Crippen molar-refractivity contribution >= 4 is 0 Å². The predicted octanol–water partition coefficient (Wildman–Crippen LogP) is 1.42. The van der Waals surface area contributed by atoms with Crippen molar-refractivity contribution in [3.63, 3.8) is 0 Å². The lowest BCUT2D eigenvalue weighted by Crippen LogP contribution is -2.09. The Hall–Kier alpha value is -1.00. The summed E-state index contributed by atoms with van der Waals surface area (Å²) in [7, 11) is 0. The molecule has 88 valence electrons. The van der Waals surface area contributed by atoms with Crippen LogP contribution in [0.1, 0.15) is 36.5 Å². The van der Waals surface area contributed by atoms with Gasteiger partial charge in [-0.3, -0.25) is 0 Å². The van der Waals surface area contributed by atoms with Crippen LogP contribution in [0.5, 0.6) is 0 Å². The van der Waals surface area contributed by atoms with Crippen molar-refractivity contribution in [3.05, 3.63) is 23.3 Å². The molecule has 16 heavy (non-hydrogen) atoms. The van der Waals surface area contributed by atoms with Crippen molar-refractivity contribution in [2.45, 2.75) is 32.8 Å². The predicted molar refractivity (Wildman–Crippen MR) is 60.0 cm³/mol. The van der Waals surface area contributed by atoms with E-state index >= 15 is 0 Å². The van der Waals surface area contributed by atoms with Crippen LogP contribution >= 0.6 is 0 Å². The van der Waals surface area contributed by atoms with Gasteiger partial charge in [-0.05, 0) is 26.2 Å². The van der Waals surface area contributed by atoms with Crippen LogP contribution in [0.4, 0.5) is 0 Å². The van der Waals surface area contributed by atoms with Gasteiger partial charge >= 0.3 is 0 Å². The number of hydrogen-bond donors (Lipinski definition) is 1. The van der Waals surface area contributed by atoms with Gasteiger partial charge in [0.2, 0.25) is 0 Å². The zero-order chi connectivity index (χ0) is 11.5. The third-order valence-electron chi connectivity index (χ3n) is 3.01. The smallest absolute Gasteiger partial charge is 0.128 e. The second-order valence-corrected chi connectivity index (χ2v) is 4.44. The zero-order valence-corrected chi connectivity index (χ0v) is 9.81. The van der Waals surface area contributed by atoms with Crippen molar-refractivity contribution < 1.29 is 9.84 Å². The number of rotatable bonds is 3. The van der Waals surface area contributed by atoms with Crippen molar-refractivity contribution in [1.29, 1.82) is 0 Å². The Morgan fingerprint density at radius 2 is 2.44 bits per heavy atom. The van der Waals surface area contributed by atoms with Gasteiger partial charge in [0.25, 0.3) is 0 Å². The van der Waals surface area contributed by atoms with Crippen LogP contribution in [0.3, 0.4) is 0 Å². The lowest BCUT2D eigenvalue weighted by atomic mass is 10.0. The van der Waals surface area contributed by atoms with Crippen LogP contribution in [-0.4, -0.2) is 28.3 Å². The molecule has 4 nitrogen and oxygen atoms in total. The fraction of sp³-hybridized carbons (Fsp3) is 0.667. The molecule has 0 radical (unpaired) electrons. The maximum absolute atomic E-state index is 9.48. The molecule has 0 bridgehead atoms. The van der Waals surface area contributed by atoms with Gasteiger partial charge in [0.05, 0.1) is 6.10 Å². The highest BCUT2D eigenvalue weighted by molar-refractivity contribution is 5.18. The summed E-state index contributed by atoms with van der Waals surface area (Å²) < 4.78 is 5.33. The molecule has 1 fully saturated rings. The quantitative estimate of drug-likeness (QED) is 0.840. The highest BCUT2D eigenvalue weighted by Crippen LogP contribution is 2.18. The second-order valence-electron chi connectivity index (χ2n) is 4.44. The number of hydrogen-bond acceptors (Lipinski definition) is 4. The van der Waals surface area contributed by atoms with Gasteiger partial charge < -0.3 is 9.84 Å². The van der Waals surface area contributed by atoms with E-state index in [9.17, 15) is 5.11 Å². The summed E-state index contributed by atoms with van der Waals surface area (Å²) in [6, 6.07) is 0. The van der Waals surface area contributed by atoms with Gasteiger partial charge in [0.1, 0.15) is 5.82 Å². The van der Waals surface area contributed by atoms with Crippen LogP contribution in [0.2, 0.25) is 0 Å². The van der Waals surface area contributed by atoms with Gasteiger partial charge in [-0.1, -0.05) is 0 Å². The summed E-state index contributed by atoms with van der Waals surface area (Å²) in [5.74, 6) is 1.41. The summed E-state index contributed by atoms with van der Waals surface area (Å²) in [5, 5.41) is 9.48. The topological polar surface area (TPSA) is 55.2 Å².